The second-order valence-corrected chi connectivity index (χ2v) is 3.58. The summed E-state index contributed by atoms with van der Waals surface area (Å²) in [6.45, 7) is 0. The largest absolute Gasteiger partial charge is 0.397 e. The fourth-order valence-corrected chi connectivity index (χ4v) is 1.62. The summed E-state index contributed by atoms with van der Waals surface area (Å²) in [6, 6.07) is 11.6. The summed E-state index contributed by atoms with van der Waals surface area (Å²) in [5.74, 6) is 0.765. The van der Waals surface area contributed by atoms with E-state index in [0.717, 1.165) is 22.6 Å². The number of nitrogens with one attached hydrogen (secondary N) is 1. The van der Waals surface area contributed by atoms with Crippen LogP contribution in [0.1, 0.15) is 0 Å². The normalized spacial score (nSPS) is 10.8. The number of nitrogen functional groups attached to an aromatic ring is 1. The van der Waals surface area contributed by atoms with E-state index in [9.17, 15) is 0 Å². The highest BCUT2D eigenvalue weighted by atomic mass is 14.9. The Morgan fingerprint density at radius 2 is 1.94 bits per heavy atom. The summed E-state index contributed by atoms with van der Waals surface area (Å²) in [5.41, 5.74) is 8.99. The number of fused-ring (bicyclic) bond motifs is 1. The molecule has 3 N–H and O–H groups in total. The third-order valence-electron chi connectivity index (χ3n) is 2.42. The van der Waals surface area contributed by atoms with E-state index in [2.05, 4.69) is 15.0 Å². The van der Waals surface area contributed by atoms with Gasteiger partial charge in [0, 0.05) is 0 Å². The number of H-pyrrole nitrogens is 1. The fraction of sp³-hybridized carbons (Fsp3) is 0. The number of imidazole rings is 1. The minimum atomic E-state index is 0.653. The number of para-hydroxylation sites is 2. The molecule has 3 aromatic rings. The van der Waals surface area contributed by atoms with Crippen LogP contribution < -0.4 is 5.73 Å². The molecule has 0 aliphatic heterocycles. The summed E-state index contributed by atoms with van der Waals surface area (Å²) < 4.78 is 0. The predicted octanol–water partition coefficient (Wildman–Crippen LogP) is 2.21. The van der Waals surface area contributed by atoms with Crippen molar-refractivity contribution in [1.82, 2.24) is 15.0 Å². The van der Waals surface area contributed by atoms with Crippen LogP contribution >= 0.6 is 0 Å². The molecule has 78 valence electrons. The van der Waals surface area contributed by atoms with Crippen LogP contribution in [-0.2, 0) is 0 Å². The quantitative estimate of drug-likeness (QED) is 0.647. The molecule has 16 heavy (non-hydrogen) atoms. The lowest BCUT2D eigenvalue weighted by atomic mass is 10.3. The van der Waals surface area contributed by atoms with Gasteiger partial charge in [0.2, 0.25) is 0 Å². The summed E-state index contributed by atoms with van der Waals surface area (Å²) in [6.07, 6.45) is 1.63. The van der Waals surface area contributed by atoms with Crippen LogP contribution in [-0.4, -0.2) is 15.0 Å². The number of hydrogen-bond donors (Lipinski definition) is 2. The molecule has 0 amide bonds. The van der Waals surface area contributed by atoms with E-state index in [1.54, 1.807) is 6.20 Å². The Bertz CT molecular complexity index is 592. The first-order valence-electron chi connectivity index (χ1n) is 4.99. The third kappa shape index (κ3) is 1.40. The van der Waals surface area contributed by atoms with Gasteiger partial charge in [-0.3, -0.25) is 4.98 Å². The van der Waals surface area contributed by atoms with Gasteiger partial charge < -0.3 is 10.7 Å². The Morgan fingerprint density at radius 1 is 1.06 bits per heavy atom. The molecule has 4 heteroatoms. The Balaban J connectivity index is 2.15. The molecule has 0 radical (unpaired) electrons. The highest BCUT2D eigenvalue weighted by Gasteiger charge is 2.04. The van der Waals surface area contributed by atoms with E-state index >= 15 is 0 Å². The number of aromatic nitrogens is 3. The lowest BCUT2D eigenvalue weighted by Gasteiger charge is -1.95. The van der Waals surface area contributed by atoms with Crippen LogP contribution in [0.25, 0.3) is 22.6 Å². The lowest BCUT2D eigenvalue weighted by Crippen LogP contribution is -1.89. The van der Waals surface area contributed by atoms with Crippen LogP contribution in [0, 0.1) is 0 Å². The Labute approximate surface area is 92.2 Å². The number of nitrogens with two attached hydrogens (primary N) is 1. The average molecular weight is 210 g/mol. The second kappa shape index (κ2) is 3.34. The molecule has 0 saturated heterocycles. The van der Waals surface area contributed by atoms with Crippen molar-refractivity contribution in [2.45, 2.75) is 0 Å². The molecule has 0 saturated carbocycles. The van der Waals surface area contributed by atoms with Gasteiger partial charge in [-0.15, -0.1) is 0 Å². The van der Waals surface area contributed by atoms with Crippen molar-refractivity contribution in [3.05, 3.63) is 42.6 Å². The van der Waals surface area contributed by atoms with E-state index in [4.69, 9.17) is 5.73 Å². The minimum Gasteiger partial charge on any atom is -0.397 e. The topological polar surface area (TPSA) is 67.6 Å². The Hall–Kier alpha value is -2.36. The molecule has 4 nitrogen and oxygen atoms in total. The van der Waals surface area contributed by atoms with Crippen LogP contribution in [0.5, 0.6) is 0 Å². The second-order valence-electron chi connectivity index (χ2n) is 3.58. The lowest BCUT2D eigenvalue weighted by molar-refractivity contribution is 1.24. The maximum absolute atomic E-state index is 5.59. The van der Waals surface area contributed by atoms with Gasteiger partial charge in [-0.2, -0.15) is 0 Å². The highest BCUT2D eigenvalue weighted by Crippen LogP contribution is 2.18. The minimum absolute atomic E-state index is 0.653. The van der Waals surface area contributed by atoms with Crippen LogP contribution in [0.2, 0.25) is 0 Å². The molecule has 0 fully saturated rings. The van der Waals surface area contributed by atoms with Crippen LogP contribution in [0.15, 0.2) is 42.6 Å². The van der Waals surface area contributed by atoms with Crippen LogP contribution in [0.3, 0.4) is 0 Å². The van der Waals surface area contributed by atoms with Gasteiger partial charge >= 0.3 is 0 Å². The summed E-state index contributed by atoms with van der Waals surface area (Å²) in [7, 11) is 0. The molecular formula is C12H10N4. The van der Waals surface area contributed by atoms with E-state index in [-0.39, 0.29) is 0 Å². The first-order valence-corrected chi connectivity index (χ1v) is 4.99. The first-order chi connectivity index (χ1) is 7.83. The summed E-state index contributed by atoms with van der Waals surface area (Å²) >= 11 is 0. The molecule has 2 aromatic heterocycles. The van der Waals surface area contributed by atoms with Crippen molar-refractivity contribution in [1.29, 1.82) is 0 Å². The maximum Gasteiger partial charge on any atom is 0.157 e. The Kier molecular flexibility index (Phi) is 1.86. The van der Waals surface area contributed by atoms with Crippen LogP contribution in [0.4, 0.5) is 5.69 Å². The van der Waals surface area contributed by atoms with Gasteiger partial charge in [-0.25, -0.2) is 4.98 Å². The smallest absolute Gasteiger partial charge is 0.157 e. The number of rotatable bonds is 1. The zero-order valence-electron chi connectivity index (χ0n) is 8.51. The monoisotopic (exact) mass is 210 g/mol. The molecule has 0 atom stereocenters. The maximum atomic E-state index is 5.59. The van der Waals surface area contributed by atoms with Crippen molar-refractivity contribution < 1.29 is 0 Å². The van der Waals surface area contributed by atoms with Crippen molar-refractivity contribution in [3.8, 4) is 11.5 Å². The average Bonchev–Trinajstić information content (AvgIpc) is 2.73. The third-order valence-corrected chi connectivity index (χ3v) is 2.42. The molecule has 1 aromatic carbocycles. The van der Waals surface area contributed by atoms with Crippen molar-refractivity contribution >= 4 is 16.7 Å². The fourth-order valence-electron chi connectivity index (χ4n) is 1.62. The molecule has 0 unspecified atom stereocenters. The molecule has 0 spiro atoms. The van der Waals surface area contributed by atoms with Crippen molar-refractivity contribution in [3.63, 3.8) is 0 Å². The molecule has 0 aliphatic carbocycles. The number of nitrogens with zero attached hydrogens (tertiary/aromatic N) is 2. The number of aromatic amines is 1. The first kappa shape index (κ1) is 8.91. The number of pyridine rings is 1. The van der Waals surface area contributed by atoms with Gasteiger partial charge in [-0.05, 0) is 24.3 Å². The van der Waals surface area contributed by atoms with Gasteiger partial charge in [0.25, 0.3) is 0 Å². The van der Waals surface area contributed by atoms with Crippen molar-refractivity contribution in [2.24, 2.45) is 0 Å². The molecule has 2 heterocycles. The zero-order valence-corrected chi connectivity index (χ0v) is 8.51. The number of benzene rings is 1. The van der Waals surface area contributed by atoms with E-state index in [1.807, 2.05) is 36.4 Å². The predicted molar refractivity (Wildman–Crippen MR) is 63.7 cm³/mol. The molecule has 0 aliphatic rings. The van der Waals surface area contributed by atoms with E-state index in [0.29, 0.717) is 5.69 Å². The zero-order chi connectivity index (χ0) is 11.0. The molecule has 3 rings (SSSR count). The van der Waals surface area contributed by atoms with E-state index in [1.165, 1.54) is 0 Å². The summed E-state index contributed by atoms with van der Waals surface area (Å²) in [4.78, 5) is 11.9. The van der Waals surface area contributed by atoms with E-state index < -0.39 is 0 Å². The van der Waals surface area contributed by atoms with Gasteiger partial charge in [0.1, 0.15) is 5.69 Å². The molecule has 0 bridgehead atoms. The highest BCUT2D eigenvalue weighted by molar-refractivity contribution is 5.78. The SMILES string of the molecule is Nc1ccc(-c2nc3ccccc3[nH]2)nc1. The number of anilines is 1. The summed E-state index contributed by atoms with van der Waals surface area (Å²) in [5, 5.41) is 0. The van der Waals surface area contributed by atoms with Gasteiger partial charge in [-0.1, -0.05) is 12.1 Å². The van der Waals surface area contributed by atoms with Crippen molar-refractivity contribution in [2.75, 3.05) is 5.73 Å². The Morgan fingerprint density at radius 3 is 2.69 bits per heavy atom. The molecular weight excluding hydrogens is 200 g/mol. The standard InChI is InChI=1S/C12H10N4/c13-8-5-6-11(14-7-8)12-15-9-3-1-2-4-10(9)16-12/h1-7H,13H2,(H,15,16). The van der Waals surface area contributed by atoms with Gasteiger partial charge in [0.05, 0.1) is 22.9 Å². The number of hydrogen-bond acceptors (Lipinski definition) is 3. The van der Waals surface area contributed by atoms with Gasteiger partial charge in [0.15, 0.2) is 5.82 Å².